The molecule has 6 heteroatoms. The average molecular weight is 323 g/mol. The molecule has 0 fully saturated rings. The Kier molecular flexibility index (Phi) is 8.90. The van der Waals surface area contributed by atoms with Crippen molar-refractivity contribution in [2.24, 2.45) is 10.7 Å². The number of benzene rings is 1. The maximum atomic E-state index is 10.3. The predicted molar refractivity (Wildman–Crippen MR) is 93.1 cm³/mol. The summed E-state index contributed by atoms with van der Waals surface area (Å²) in [5.41, 5.74) is 6.44. The molecule has 0 aliphatic rings. The number of aliphatic hydroxyl groups is 1. The van der Waals surface area contributed by atoms with E-state index in [2.05, 4.69) is 17.2 Å². The quantitative estimate of drug-likeness (QED) is 0.349. The van der Waals surface area contributed by atoms with E-state index in [1.807, 2.05) is 0 Å². The van der Waals surface area contributed by atoms with E-state index in [0.29, 0.717) is 23.0 Å². The molecule has 4 N–H and O–H groups in total. The average Bonchev–Trinajstić information content (AvgIpc) is 2.58. The second kappa shape index (κ2) is 10.7. The Balaban J connectivity index is 2.54. The molecule has 0 spiro atoms. The molecule has 0 bridgehead atoms. The minimum Gasteiger partial charge on any atom is -0.497 e. The molecule has 1 aromatic carbocycles. The summed E-state index contributed by atoms with van der Waals surface area (Å²) in [6.45, 7) is 3.14. The van der Waals surface area contributed by atoms with Crippen molar-refractivity contribution in [1.82, 2.24) is 5.32 Å². The molecule has 130 valence electrons. The van der Waals surface area contributed by atoms with Gasteiger partial charge in [-0.2, -0.15) is 0 Å². The summed E-state index contributed by atoms with van der Waals surface area (Å²) in [7, 11) is 3.14. The van der Waals surface area contributed by atoms with Crippen LogP contribution in [0.2, 0.25) is 0 Å². The van der Waals surface area contributed by atoms with Gasteiger partial charge in [-0.3, -0.25) is 4.99 Å². The molecule has 0 heterocycles. The van der Waals surface area contributed by atoms with Crippen LogP contribution in [0.25, 0.3) is 0 Å². The normalized spacial score (nSPS) is 12.8. The van der Waals surface area contributed by atoms with Gasteiger partial charge in [0.25, 0.3) is 0 Å². The Bertz CT molecular complexity index is 492. The molecule has 6 nitrogen and oxygen atoms in total. The first-order valence-corrected chi connectivity index (χ1v) is 8.06. The topological polar surface area (TPSA) is 89.1 Å². The predicted octanol–water partition coefficient (Wildman–Crippen LogP) is 2.22. The Morgan fingerprint density at radius 1 is 1.26 bits per heavy atom. The van der Waals surface area contributed by atoms with E-state index in [0.717, 1.165) is 13.0 Å². The van der Waals surface area contributed by atoms with Gasteiger partial charge in [0.2, 0.25) is 0 Å². The Morgan fingerprint density at radius 3 is 2.70 bits per heavy atom. The Hall–Kier alpha value is -1.95. The lowest BCUT2D eigenvalue weighted by molar-refractivity contribution is 0.182. The lowest BCUT2D eigenvalue weighted by Crippen LogP contribution is -2.32. The fraction of sp³-hybridized carbons (Fsp3) is 0.588. The summed E-state index contributed by atoms with van der Waals surface area (Å²) in [6, 6.07) is 5.29. The van der Waals surface area contributed by atoms with Crippen molar-refractivity contribution >= 4 is 5.96 Å². The van der Waals surface area contributed by atoms with Crippen molar-refractivity contribution in [2.75, 3.05) is 27.3 Å². The van der Waals surface area contributed by atoms with Gasteiger partial charge < -0.3 is 25.6 Å². The molecule has 23 heavy (non-hydrogen) atoms. The fourth-order valence-corrected chi connectivity index (χ4v) is 2.21. The highest BCUT2D eigenvalue weighted by Crippen LogP contribution is 2.29. The summed E-state index contributed by atoms with van der Waals surface area (Å²) in [4.78, 5) is 4.19. The second-order valence-electron chi connectivity index (χ2n) is 5.34. The van der Waals surface area contributed by atoms with E-state index in [4.69, 9.17) is 15.2 Å². The van der Waals surface area contributed by atoms with Gasteiger partial charge in [0.1, 0.15) is 17.6 Å². The molecule has 0 saturated carbocycles. The molecule has 0 aliphatic carbocycles. The molecule has 0 radical (unpaired) electrons. The van der Waals surface area contributed by atoms with Crippen molar-refractivity contribution < 1.29 is 14.6 Å². The molecule has 1 aromatic rings. The zero-order valence-electron chi connectivity index (χ0n) is 14.3. The number of methoxy groups -OCH3 is 2. The number of nitrogens with zero attached hydrogens (tertiary/aromatic N) is 1. The van der Waals surface area contributed by atoms with Crippen molar-refractivity contribution in [3.63, 3.8) is 0 Å². The number of aliphatic hydroxyl groups excluding tert-OH is 1. The van der Waals surface area contributed by atoms with Gasteiger partial charge in [0, 0.05) is 12.1 Å². The third-order valence-electron chi connectivity index (χ3n) is 3.57. The van der Waals surface area contributed by atoms with Crippen LogP contribution in [0.15, 0.2) is 23.2 Å². The van der Waals surface area contributed by atoms with Gasteiger partial charge in [-0.05, 0) is 24.6 Å². The SMILES string of the molecule is CCCCCCNC(N)=NCC(O)c1cc(OC)ccc1OC. The number of hydrogen-bond donors (Lipinski definition) is 3. The summed E-state index contributed by atoms with van der Waals surface area (Å²) < 4.78 is 10.4. The number of nitrogens with one attached hydrogen (secondary N) is 1. The zero-order chi connectivity index (χ0) is 17.1. The second-order valence-corrected chi connectivity index (χ2v) is 5.34. The molecule has 1 unspecified atom stereocenters. The minimum absolute atomic E-state index is 0.164. The van der Waals surface area contributed by atoms with Crippen LogP contribution < -0.4 is 20.5 Å². The molecule has 1 atom stereocenters. The number of hydrogen-bond acceptors (Lipinski definition) is 4. The van der Waals surface area contributed by atoms with Crippen LogP contribution in [-0.4, -0.2) is 38.4 Å². The molecule has 0 aliphatic heterocycles. The van der Waals surface area contributed by atoms with Crippen molar-refractivity contribution in [3.8, 4) is 11.5 Å². The molecular weight excluding hydrogens is 294 g/mol. The van der Waals surface area contributed by atoms with Crippen LogP contribution >= 0.6 is 0 Å². The summed E-state index contributed by atoms with van der Waals surface area (Å²) in [5.74, 6) is 1.60. The van der Waals surface area contributed by atoms with Gasteiger partial charge in [0.05, 0.1) is 20.8 Å². The number of ether oxygens (including phenoxy) is 2. The Morgan fingerprint density at radius 2 is 2.04 bits per heavy atom. The summed E-state index contributed by atoms with van der Waals surface area (Å²) in [5, 5.41) is 13.4. The Labute approximate surface area is 138 Å². The lowest BCUT2D eigenvalue weighted by atomic mass is 10.1. The first kappa shape index (κ1) is 19.1. The molecular formula is C17H29N3O3. The highest BCUT2D eigenvalue weighted by Gasteiger charge is 2.14. The summed E-state index contributed by atoms with van der Waals surface area (Å²) in [6.07, 6.45) is 3.88. The number of nitrogens with two attached hydrogens (primary N) is 1. The van der Waals surface area contributed by atoms with Crippen LogP contribution in [0, 0.1) is 0 Å². The van der Waals surface area contributed by atoms with Gasteiger partial charge in [0.15, 0.2) is 5.96 Å². The van der Waals surface area contributed by atoms with E-state index in [1.54, 1.807) is 32.4 Å². The summed E-state index contributed by atoms with van der Waals surface area (Å²) >= 11 is 0. The number of guanidine groups is 1. The van der Waals surface area contributed by atoms with Crippen molar-refractivity contribution in [1.29, 1.82) is 0 Å². The first-order valence-electron chi connectivity index (χ1n) is 8.06. The third-order valence-corrected chi connectivity index (χ3v) is 3.57. The van der Waals surface area contributed by atoms with Crippen LogP contribution in [0.4, 0.5) is 0 Å². The maximum Gasteiger partial charge on any atom is 0.188 e. The minimum atomic E-state index is -0.805. The van der Waals surface area contributed by atoms with E-state index >= 15 is 0 Å². The standard InChI is InChI=1S/C17H29N3O3/c1-4-5-6-7-10-19-17(18)20-12-15(21)14-11-13(22-2)8-9-16(14)23-3/h8-9,11,15,21H,4-7,10,12H2,1-3H3,(H3,18,19,20). The fourth-order valence-electron chi connectivity index (χ4n) is 2.21. The van der Waals surface area contributed by atoms with E-state index in [1.165, 1.54) is 19.3 Å². The van der Waals surface area contributed by atoms with E-state index in [-0.39, 0.29) is 6.54 Å². The van der Waals surface area contributed by atoms with Gasteiger partial charge in [-0.25, -0.2) is 0 Å². The maximum absolute atomic E-state index is 10.3. The smallest absolute Gasteiger partial charge is 0.188 e. The van der Waals surface area contributed by atoms with Crippen LogP contribution in [0.3, 0.4) is 0 Å². The largest absolute Gasteiger partial charge is 0.497 e. The highest BCUT2D eigenvalue weighted by molar-refractivity contribution is 5.77. The van der Waals surface area contributed by atoms with Gasteiger partial charge >= 0.3 is 0 Å². The molecule has 1 rings (SSSR count). The van der Waals surface area contributed by atoms with Crippen LogP contribution in [0.5, 0.6) is 11.5 Å². The molecule has 0 amide bonds. The van der Waals surface area contributed by atoms with E-state index < -0.39 is 6.10 Å². The van der Waals surface area contributed by atoms with Gasteiger partial charge in [-0.1, -0.05) is 26.2 Å². The van der Waals surface area contributed by atoms with Crippen LogP contribution in [0.1, 0.15) is 44.3 Å². The number of unbranched alkanes of at least 4 members (excludes halogenated alkanes) is 3. The lowest BCUT2D eigenvalue weighted by Gasteiger charge is -2.15. The third kappa shape index (κ3) is 6.78. The number of aliphatic imine (C=N–C) groups is 1. The van der Waals surface area contributed by atoms with Crippen LogP contribution in [-0.2, 0) is 0 Å². The van der Waals surface area contributed by atoms with Gasteiger partial charge in [-0.15, -0.1) is 0 Å². The molecule has 0 aromatic heterocycles. The highest BCUT2D eigenvalue weighted by atomic mass is 16.5. The number of rotatable bonds is 10. The van der Waals surface area contributed by atoms with E-state index in [9.17, 15) is 5.11 Å². The van der Waals surface area contributed by atoms with Crippen molar-refractivity contribution in [2.45, 2.75) is 38.7 Å². The zero-order valence-corrected chi connectivity index (χ0v) is 14.3. The monoisotopic (exact) mass is 323 g/mol. The molecule has 0 saturated heterocycles. The van der Waals surface area contributed by atoms with Crippen molar-refractivity contribution in [3.05, 3.63) is 23.8 Å². The first-order chi connectivity index (χ1) is 11.1.